The van der Waals surface area contributed by atoms with Gasteiger partial charge in [-0.05, 0) is 18.6 Å². The van der Waals surface area contributed by atoms with E-state index in [4.69, 9.17) is 0 Å². The zero-order valence-electron chi connectivity index (χ0n) is 9.88. The normalized spacial score (nSPS) is 26.1. The average Bonchev–Trinajstić information content (AvgIpc) is 2.38. The smallest absolute Gasteiger partial charge is 0.171 e. The van der Waals surface area contributed by atoms with Crippen molar-refractivity contribution >= 4 is 11.6 Å². The zero-order chi connectivity index (χ0) is 12.9. The minimum atomic E-state index is -0.559. The zero-order valence-corrected chi connectivity index (χ0v) is 9.88. The second-order valence-electron chi connectivity index (χ2n) is 4.73. The fraction of sp³-hybridized carbons (Fsp3) is 0.200. The van der Waals surface area contributed by atoms with Crippen LogP contribution in [0.4, 0.5) is 0 Å². The molecule has 0 aromatic heterocycles. The molecule has 0 bridgehead atoms. The quantitative estimate of drug-likeness (QED) is 0.758. The Bertz CT molecular complexity index is 567. The first-order valence-corrected chi connectivity index (χ1v) is 5.86. The van der Waals surface area contributed by atoms with Crippen molar-refractivity contribution in [3.05, 3.63) is 58.9 Å². The molecule has 1 N–H and O–H groups in total. The number of rotatable bonds is 0. The average molecular weight is 240 g/mol. The minimum absolute atomic E-state index is 0.0432. The van der Waals surface area contributed by atoms with E-state index in [2.05, 4.69) is 0 Å². The maximum absolute atomic E-state index is 12.3. The van der Waals surface area contributed by atoms with E-state index >= 15 is 0 Å². The van der Waals surface area contributed by atoms with Gasteiger partial charge in [-0.3, -0.25) is 9.59 Å². The number of fused-ring (bicyclic) bond motifs is 2. The summed E-state index contributed by atoms with van der Waals surface area (Å²) >= 11 is 0. The Morgan fingerprint density at radius 2 is 1.44 bits per heavy atom. The van der Waals surface area contributed by atoms with Crippen molar-refractivity contribution in [2.24, 2.45) is 11.8 Å². The van der Waals surface area contributed by atoms with Crippen LogP contribution >= 0.6 is 0 Å². The lowest BCUT2D eigenvalue weighted by Crippen LogP contribution is -2.36. The molecule has 3 rings (SSSR count). The molecule has 3 nitrogen and oxygen atoms in total. The van der Waals surface area contributed by atoms with Gasteiger partial charge in [0.1, 0.15) is 5.76 Å². The number of aliphatic hydroxyl groups is 1. The van der Waals surface area contributed by atoms with Crippen molar-refractivity contribution in [1.82, 2.24) is 0 Å². The summed E-state index contributed by atoms with van der Waals surface area (Å²) in [4.78, 5) is 24.7. The Hall–Kier alpha value is -2.16. The summed E-state index contributed by atoms with van der Waals surface area (Å²) in [6.07, 6.45) is 3.19. The van der Waals surface area contributed by atoms with E-state index in [1.165, 1.54) is 6.08 Å². The summed E-state index contributed by atoms with van der Waals surface area (Å²) in [6, 6.07) is 6.86. The lowest BCUT2D eigenvalue weighted by atomic mass is 9.71. The SMILES string of the molecule is CC1=CC2C(=O)c3ccccc3C(=O)C2C=C1O. The molecule has 0 amide bonds. The molecule has 0 radical (unpaired) electrons. The number of benzene rings is 1. The van der Waals surface area contributed by atoms with E-state index in [-0.39, 0.29) is 17.3 Å². The Labute approximate surface area is 104 Å². The van der Waals surface area contributed by atoms with Crippen molar-refractivity contribution in [3.8, 4) is 0 Å². The van der Waals surface area contributed by atoms with Crippen LogP contribution in [0.5, 0.6) is 0 Å². The molecule has 1 aromatic carbocycles. The summed E-state index contributed by atoms with van der Waals surface area (Å²) < 4.78 is 0. The van der Waals surface area contributed by atoms with Crippen molar-refractivity contribution in [2.75, 3.05) is 0 Å². The number of hydrogen-bond donors (Lipinski definition) is 1. The van der Waals surface area contributed by atoms with Gasteiger partial charge in [0.15, 0.2) is 11.6 Å². The van der Waals surface area contributed by atoms with Gasteiger partial charge in [0.25, 0.3) is 0 Å². The summed E-state index contributed by atoms with van der Waals surface area (Å²) in [5.41, 5.74) is 1.60. The third-order valence-electron chi connectivity index (χ3n) is 3.62. The molecule has 0 saturated carbocycles. The van der Waals surface area contributed by atoms with Crippen molar-refractivity contribution in [1.29, 1.82) is 0 Å². The van der Waals surface area contributed by atoms with E-state index in [0.29, 0.717) is 16.7 Å². The molecule has 2 aliphatic rings. The molecule has 18 heavy (non-hydrogen) atoms. The van der Waals surface area contributed by atoms with Crippen LogP contribution in [0, 0.1) is 11.8 Å². The van der Waals surface area contributed by atoms with Crippen molar-refractivity contribution in [2.45, 2.75) is 6.92 Å². The monoisotopic (exact) mass is 240 g/mol. The minimum Gasteiger partial charge on any atom is -0.508 e. The highest BCUT2D eigenvalue weighted by Gasteiger charge is 2.40. The highest BCUT2D eigenvalue weighted by Crippen LogP contribution is 2.36. The number of carbonyl (C=O) groups is 2. The third-order valence-corrected chi connectivity index (χ3v) is 3.62. The molecule has 2 unspecified atom stereocenters. The van der Waals surface area contributed by atoms with Gasteiger partial charge in [-0.2, -0.15) is 0 Å². The van der Waals surface area contributed by atoms with Crippen LogP contribution in [-0.2, 0) is 0 Å². The maximum Gasteiger partial charge on any atom is 0.171 e. The largest absolute Gasteiger partial charge is 0.508 e. The number of carbonyl (C=O) groups excluding carboxylic acids is 2. The Kier molecular flexibility index (Phi) is 2.23. The second kappa shape index (κ2) is 3.67. The van der Waals surface area contributed by atoms with Crippen LogP contribution in [0.15, 0.2) is 47.7 Å². The fourth-order valence-electron chi connectivity index (χ4n) is 2.61. The number of ketones is 2. The number of Topliss-reactive ketones (excluding diaryl/α,β-unsaturated/α-hetero) is 2. The molecule has 0 spiro atoms. The van der Waals surface area contributed by atoms with Crippen molar-refractivity contribution < 1.29 is 14.7 Å². The van der Waals surface area contributed by atoms with E-state index in [9.17, 15) is 14.7 Å². The van der Waals surface area contributed by atoms with Gasteiger partial charge in [0, 0.05) is 11.1 Å². The summed E-state index contributed by atoms with van der Waals surface area (Å²) in [5.74, 6) is -1.07. The molecule has 0 fully saturated rings. The van der Waals surface area contributed by atoms with Gasteiger partial charge >= 0.3 is 0 Å². The van der Waals surface area contributed by atoms with Gasteiger partial charge in [-0.1, -0.05) is 30.3 Å². The van der Waals surface area contributed by atoms with Gasteiger partial charge in [0.2, 0.25) is 0 Å². The van der Waals surface area contributed by atoms with Crippen LogP contribution in [0.25, 0.3) is 0 Å². The summed E-state index contributed by atoms with van der Waals surface area (Å²) in [6.45, 7) is 1.74. The highest BCUT2D eigenvalue weighted by molar-refractivity contribution is 6.17. The summed E-state index contributed by atoms with van der Waals surface area (Å²) in [5, 5.41) is 9.70. The fourth-order valence-corrected chi connectivity index (χ4v) is 2.61. The van der Waals surface area contributed by atoms with E-state index in [1.54, 1.807) is 37.3 Å². The predicted molar refractivity (Wildman–Crippen MR) is 66.6 cm³/mol. The van der Waals surface area contributed by atoms with Gasteiger partial charge in [-0.25, -0.2) is 0 Å². The number of hydrogen-bond acceptors (Lipinski definition) is 3. The topological polar surface area (TPSA) is 54.4 Å². The first kappa shape index (κ1) is 11.0. The van der Waals surface area contributed by atoms with Crippen LogP contribution in [-0.4, -0.2) is 16.7 Å². The molecule has 0 saturated heterocycles. The van der Waals surface area contributed by atoms with Crippen LogP contribution in [0.1, 0.15) is 27.6 Å². The first-order chi connectivity index (χ1) is 8.59. The van der Waals surface area contributed by atoms with Crippen LogP contribution in [0.2, 0.25) is 0 Å². The van der Waals surface area contributed by atoms with Crippen molar-refractivity contribution in [3.63, 3.8) is 0 Å². The van der Waals surface area contributed by atoms with E-state index in [1.807, 2.05) is 0 Å². The van der Waals surface area contributed by atoms with Gasteiger partial charge < -0.3 is 5.11 Å². The highest BCUT2D eigenvalue weighted by atomic mass is 16.3. The lowest BCUT2D eigenvalue weighted by Gasteiger charge is -2.29. The Morgan fingerprint density at radius 1 is 0.944 bits per heavy atom. The molecule has 2 aliphatic carbocycles. The van der Waals surface area contributed by atoms with Gasteiger partial charge in [0.05, 0.1) is 11.8 Å². The maximum atomic E-state index is 12.3. The Morgan fingerprint density at radius 3 is 2.00 bits per heavy atom. The standard InChI is InChI=1S/C15H12O3/c1-8-6-11-12(7-13(8)16)15(18)10-5-3-2-4-9(10)14(11)17/h2-7,11-12,16H,1H3. The van der Waals surface area contributed by atoms with Gasteiger partial charge in [-0.15, -0.1) is 0 Å². The molecular formula is C15H12O3. The third kappa shape index (κ3) is 1.37. The Balaban J connectivity index is 2.19. The molecule has 0 heterocycles. The lowest BCUT2D eigenvalue weighted by molar-refractivity contribution is 0.0797. The van der Waals surface area contributed by atoms with E-state index in [0.717, 1.165) is 0 Å². The first-order valence-electron chi connectivity index (χ1n) is 5.86. The number of aliphatic hydroxyl groups excluding tert-OH is 1. The molecular weight excluding hydrogens is 228 g/mol. The van der Waals surface area contributed by atoms with Crippen LogP contribution in [0.3, 0.4) is 0 Å². The molecule has 2 atom stereocenters. The second-order valence-corrected chi connectivity index (χ2v) is 4.73. The number of allylic oxidation sites excluding steroid dienone is 3. The summed E-state index contributed by atoms with van der Waals surface area (Å²) in [7, 11) is 0. The molecule has 90 valence electrons. The van der Waals surface area contributed by atoms with E-state index < -0.39 is 11.8 Å². The molecule has 0 aliphatic heterocycles. The van der Waals surface area contributed by atoms with Crippen LogP contribution < -0.4 is 0 Å². The predicted octanol–water partition coefficient (Wildman–Crippen LogP) is 2.70. The molecule has 3 heteroatoms. The molecule has 1 aromatic rings.